The number of hydrogen-bond acceptors (Lipinski definition) is 2. The Morgan fingerprint density at radius 3 is 2.71 bits per heavy atom. The van der Waals surface area contributed by atoms with Gasteiger partial charge in [-0.3, -0.25) is 4.79 Å². The van der Waals surface area contributed by atoms with Gasteiger partial charge in [0.2, 0.25) is 0 Å². The molecule has 1 aliphatic carbocycles. The second kappa shape index (κ2) is 4.78. The molecule has 1 aromatic rings. The first-order valence-electron chi connectivity index (χ1n) is 6.21. The maximum absolute atomic E-state index is 11.7. The van der Waals surface area contributed by atoms with E-state index in [1.807, 2.05) is 25.1 Å². The molecule has 0 saturated heterocycles. The number of nitrogens with one attached hydrogen (secondary N) is 2. The fourth-order valence-electron chi connectivity index (χ4n) is 2.13. The molecule has 0 aromatic heterocycles. The summed E-state index contributed by atoms with van der Waals surface area (Å²) in [6, 6.07) is 6.33. The lowest BCUT2D eigenvalue weighted by molar-refractivity contribution is 0.0962. The molecule has 1 fully saturated rings. The second-order valence-electron chi connectivity index (χ2n) is 4.83. The summed E-state index contributed by atoms with van der Waals surface area (Å²) in [5.74, 6) is 0.781. The van der Waals surface area contributed by atoms with E-state index in [4.69, 9.17) is 0 Å². The van der Waals surface area contributed by atoms with E-state index in [1.54, 1.807) is 7.05 Å². The van der Waals surface area contributed by atoms with Crippen LogP contribution in [0.3, 0.4) is 0 Å². The van der Waals surface area contributed by atoms with Crippen LogP contribution in [-0.2, 0) is 0 Å². The zero-order valence-corrected chi connectivity index (χ0v) is 10.7. The van der Waals surface area contributed by atoms with Crippen molar-refractivity contribution >= 4 is 11.6 Å². The SMILES string of the molecule is CNC(=O)c1cccc(NC(C)C2CC2)c1C. The van der Waals surface area contributed by atoms with Gasteiger partial charge in [-0.05, 0) is 50.3 Å². The summed E-state index contributed by atoms with van der Waals surface area (Å²) in [5, 5.41) is 6.18. The average molecular weight is 232 g/mol. The number of hydrogen-bond donors (Lipinski definition) is 2. The lowest BCUT2D eigenvalue weighted by atomic mass is 10.0. The van der Waals surface area contributed by atoms with Crippen LogP contribution in [0, 0.1) is 12.8 Å². The maximum Gasteiger partial charge on any atom is 0.251 e. The standard InChI is InChI=1S/C14H20N2O/c1-9-12(14(17)15-3)5-4-6-13(9)16-10(2)11-7-8-11/h4-6,10-11,16H,7-8H2,1-3H3,(H,15,17). The highest BCUT2D eigenvalue weighted by Crippen LogP contribution is 2.34. The number of amides is 1. The van der Waals surface area contributed by atoms with Crippen LogP contribution in [0.15, 0.2) is 18.2 Å². The quantitative estimate of drug-likeness (QED) is 0.837. The van der Waals surface area contributed by atoms with E-state index in [2.05, 4.69) is 17.6 Å². The van der Waals surface area contributed by atoms with Crippen molar-refractivity contribution in [3.8, 4) is 0 Å². The van der Waals surface area contributed by atoms with Crippen LogP contribution in [0.1, 0.15) is 35.7 Å². The maximum atomic E-state index is 11.7. The zero-order valence-electron chi connectivity index (χ0n) is 10.7. The van der Waals surface area contributed by atoms with Crippen LogP contribution in [0.5, 0.6) is 0 Å². The Bertz CT molecular complexity index is 424. The molecule has 2 rings (SSSR count). The van der Waals surface area contributed by atoms with Crippen molar-refractivity contribution in [1.82, 2.24) is 5.32 Å². The van der Waals surface area contributed by atoms with Crippen molar-refractivity contribution in [2.24, 2.45) is 5.92 Å². The van der Waals surface area contributed by atoms with Crippen LogP contribution in [0.25, 0.3) is 0 Å². The molecule has 3 nitrogen and oxygen atoms in total. The fourth-order valence-corrected chi connectivity index (χ4v) is 2.13. The van der Waals surface area contributed by atoms with E-state index in [0.717, 1.165) is 22.7 Å². The van der Waals surface area contributed by atoms with Gasteiger partial charge in [-0.15, -0.1) is 0 Å². The minimum atomic E-state index is -0.0229. The van der Waals surface area contributed by atoms with Crippen molar-refractivity contribution in [1.29, 1.82) is 0 Å². The Morgan fingerprint density at radius 2 is 2.12 bits per heavy atom. The highest BCUT2D eigenvalue weighted by molar-refractivity contribution is 5.96. The average Bonchev–Trinajstić information content (AvgIpc) is 3.14. The number of carbonyl (C=O) groups is 1. The molecule has 17 heavy (non-hydrogen) atoms. The van der Waals surface area contributed by atoms with E-state index in [-0.39, 0.29) is 5.91 Å². The molecule has 1 atom stereocenters. The first kappa shape index (κ1) is 12.0. The summed E-state index contributed by atoms with van der Waals surface area (Å²) >= 11 is 0. The van der Waals surface area contributed by atoms with Gasteiger partial charge in [-0.25, -0.2) is 0 Å². The predicted molar refractivity (Wildman–Crippen MR) is 70.4 cm³/mol. The zero-order chi connectivity index (χ0) is 12.4. The molecule has 0 spiro atoms. The summed E-state index contributed by atoms with van der Waals surface area (Å²) in [6.07, 6.45) is 2.64. The molecule has 0 aliphatic heterocycles. The molecular formula is C14H20N2O. The van der Waals surface area contributed by atoms with Gasteiger partial charge in [0.1, 0.15) is 0 Å². The van der Waals surface area contributed by atoms with Gasteiger partial charge >= 0.3 is 0 Å². The first-order valence-corrected chi connectivity index (χ1v) is 6.21. The number of rotatable bonds is 4. The van der Waals surface area contributed by atoms with Crippen LogP contribution in [-0.4, -0.2) is 19.0 Å². The van der Waals surface area contributed by atoms with Gasteiger partial charge in [-0.2, -0.15) is 0 Å². The number of anilines is 1. The third-order valence-corrected chi connectivity index (χ3v) is 3.52. The number of carbonyl (C=O) groups excluding carboxylic acids is 1. The van der Waals surface area contributed by atoms with Crippen LogP contribution >= 0.6 is 0 Å². The van der Waals surface area contributed by atoms with Gasteiger partial charge in [-0.1, -0.05) is 6.07 Å². The molecular weight excluding hydrogens is 212 g/mol. The lowest BCUT2D eigenvalue weighted by Crippen LogP contribution is -2.21. The molecule has 3 heteroatoms. The normalized spacial score (nSPS) is 16.4. The molecule has 1 unspecified atom stereocenters. The van der Waals surface area contributed by atoms with Crippen molar-refractivity contribution in [3.63, 3.8) is 0 Å². The molecule has 1 saturated carbocycles. The highest BCUT2D eigenvalue weighted by atomic mass is 16.1. The molecule has 1 aromatic carbocycles. The highest BCUT2D eigenvalue weighted by Gasteiger charge is 2.28. The summed E-state index contributed by atoms with van der Waals surface area (Å²) in [7, 11) is 1.66. The molecule has 92 valence electrons. The largest absolute Gasteiger partial charge is 0.382 e. The Balaban J connectivity index is 2.19. The van der Waals surface area contributed by atoms with E-state index in [1.165, 1.54) is 12.8 Å². The van der Waals surface area contributed by atoms with E-state index in [9.17, 15) is 4.79 Å². The topological polar surface area (TPSA) is 41.1 Å². The monoisotopic (exact) mass is 232 g/mol. The van der Waals surface area contributed by atoms with Crippen molar-refractivity contribution < 1.29 is 4.79 Å². The summed E-state index contributed by atoms with van der Waals surface area (Å²) in [4.78, 5) is 11.7. The smallest absolute Gasteiger partial charge is 0.251 e. The third kappa shape index (κ3) is 2.60. The van der Waals surface area contributed by atoms with Gasteiger partial charge < -0.3 is 10.6 Å². The lowest BCUT2D eigenvalue weighted by Gasteiger charge is -2.17. The van der Waals surface area contributed by atoms with E-state index in [0.29, 0.717) is 6.04 Å². The van der Waals surface area contributed by atoms with Gasteiger partial charge in [0.25, 0.3) is 5.91 Å². The molecule has 1 amide bonds. The van der Waals surface area contributed by atoms with Crippen molar-refractivity contribution in [2.75, 3.05) is 12.4 Å². The molecule has 0 heterocycles. The summed E-state index contributed by atoms with van der Waals surface area (Å²) in [6.45, 7) is 4.20. The Hall–Kier alpha value is -1.51. The van der Waals surface area contributed by atoms with Crippen molar-refractivity contribution in [3.05, 3.63) is 29.3 Å². The Morgan fingerprint density at radius 1 is 1.41 bits per heavy atom. The van der Waals surface area contributed by atoms with E-state index < -0.39 is 0 Å². The minimum Gasteiger partial charge on any atom is -0.382 e. The predicted octanol–water partition coefficient (Wildman–Crippen LogP) is 2.57. The Labute approximate surface area is 103 Å². The first-order chi connectivity index (χ1) is 8.13. The van der Waals surface area contributed by atoms with Crippen LogP contribution in [0.4, 0.5) is 5.69 Å². The number of benzene rings is 1. The van der Waals surface area contributed by atoms with Gasteiger partial charge in [0.05, 0.1) is 0 Å². The van der Waals surface area contributed by atoms with Gasteiger partial charge in [0.15, 0.2) is 0 Å². The van der Waals surface area contributed by atoms with Crippen LogP contribution < -0.4 is 10.6 Å². The summed E-state index contributed by atoms with van der Waals surface area (Å²) < 4.78 is 0. The van der Waals surface area contributed by atoms with Crippen molar-refractivity contribution in [2.45, 2.75) is 32.7 Å². The second-order valence-corrected chi connectivity index (χ2v) is 4.83. The fraction of sp³-hybridized carbons (Fsp3) is 0.500. The molecule has 0 bridgehead atoms. The molecule has 2 N–H and O–H groups in total. The van der Waals surface area contributed by atoms with Crippen LogP contribution in [0.2, 0.25) is 0 Å². The van der Waals surface area contributed by atoms with Gasteiger partial charge in [0, 0.05) is 24.3 Å². The minimum absolute atomic E-state index is 0.0229. The Kier molecular flexibility index (Phi) is 3.36. The third-order valence-electron chi connectivity index (χ3n) is 3.52. The molecule has 0 radical (unpaired) electrons. The summed E-state index contributed by atoms with van der Waals surface area (Å²) in [5.41, 5.74) is 2.85. The molecule has 1 aliphatic rings. The van der Waals surface area contributed by atoms with E-state index >= 15 is 0 Å².